The summed E-state index contributed by atoms with van der Waals surface area (Å²) in [5, 5.41) is 0. The van der Waals surface area contributed by atoms with Crippen LogP contribution in [0.1, 0.15) is 25.7 Å². The zero-order chi connectivity index (χ0) is 7.26. The van der Waals surface area contributed by atoms with E-state index in [1.54, 1.807) is 0 Å². The molecule has 1 heteroatoms. The molecule has 11 heavy (non-hydrogen) atoms. The minimum atomic E-state index is 0.905. The van der Waals surface area contributed by atoms with Crippen molar-refractivity contribution in [1.82, 2.24) is 0 Å². The third kappa shape index (κ3) is 0.743. The van der Waals surface area contributed by atoms with Crippen molar-refractivity contribution >= 4 is 6.21 Å². The summed E-state index contributed by atoms with van der Waals surface area (Å²) in [4.78, 5) is 4.44. The maximum atomic E-state index is 4.44. The Morgan fingerprint density at radius 3 is 2.45 bits per heavy atom. The van der Waals surface area contributed by atoms with Crippen LogP contribution in [-0.4, -0.2) is 12.8 Å². The summed E-state index contributed by atoms with van der Waals surface area (Å²) in [6, 6.07) is 0. The average Bonchev–Trinajstić information content (AvgIpc) is 2.55. The van der Waals surface area contributed by atoms with Gasteiger partial charge in [-0.2, -0.15) is 0 Å². The Balaban J connectivity index is 1.93. The first-order chi connectivity index (χ1) is 5.45. The van der Waals surface area contributed by atoms with Crippen LogP contribution in [0.2, 0.25) is 0 Å². The molecule has 1 heterocycles. The lowest BCUT2D eigenvalue weighted by Gasteiger charge is -2.44. The third-order valence-corrected chi connectivity index (χ3v) is 4.05. The summed E-state index contributed by atoms with van der Waals surface area (Å²) in [7, 11) is 0. The van der Waals surface area contributed by atoms with Crippen molar-refractivity contribution in [2.75, 3.05) is 6.54 Å². The highest BCUT2D eigenvalue weighted by Crippen LogP contribution is 2.49. The number of hydrogen-bond donors (Lipinski definition) is 0. The van der Waals surface area contributed by atoms with Crippen LogP contribution < -0.4 is 0 Å². The molecule has 2 atom stereocenters. The predicted molar refractivity (Wildman–Crippen MR) is 45.8 cm³/mol. The quantitative estimate of drug-likeness (QED) is 0.500. The number of aliphatic imine (C=N–C) groups is 1. The summed E-state index contributed by atoms with van der Waals surface area (Å²) in [5.41, 5.74) is 0. The van der Waals surface area contributed by atoms with Gasteiger partial charge in [0.25, 0.3) is 0 Å². The molecule has 0 spiro atoms. The lowest BCUT2D eigenvalue weighted by Crippen LogP contribution is -2.39. The second kappa shape index (κ2) is 2.09. The second-order valence-electron chi connectivity index (χ2n) is 4.43. The first kappa shape index (κ1) is 6.22. The molecule has 0 aromatic carbocycles. The molecule has 0 radical (unpaired) electrons. The van der Waals surface area contributed by atoms with Gasteiger partial charge >= 0.3 is 0 Å². The topological polar surface area (TPSA) is 12.4 Å². The summed E-state index contributed by atoms with van der Waals surface area (Å²) in [6.45, 7) is 1.16. The summed E-state index contributed by atoms with van der Waals surface area (Å²) in [5.74, 6) is 3.95. The van der Waals surface area contributed by atoms with Gasteiger partial charge in [0, 0.05) is 18.7 Å². The van der Waals surface area contributed by atoms with Crippen molar-refractivity contribution in [2.45, 2.75) is 25.7 Å². The molecule has 4 aliphatic rings. The van der Waals surface area contributed by atoms with Crippen LogP contribution in [-0.2, 0) is 0 Å². The van der Waals surface area contributed by atoms with Crippen molar-refractivity contribution in [3.8, 4) is 0 Å². The zero-order valence-corrected chi connectivity index (χ0v) is 6.87. The molecular weight excluding hydrogens is 134 g/mol. The summed E-state index contributed by atoms with van der Waals surface area (Å²) in [6.07, 6.45) is 8.28. The smallest absolute Gasteiger partial charge is 0.0422 e. The normalized spacial score (nSPS) is 53.1. The minimum Gasteiger partial charge on any atom is -0.297 e. The van der Waals surface area contributed by atoms with Crippen molar-refractivity contribution in [3.05, 3.63) is 0 Å². The first-order valence-electron chi connectivity index (χ1n) is 4.95. The van der Waals surface area contributed by atoms with Gasteiger partial charge in [0.2, 0.25) is 0 Å². The van der Waals surface area contributed by atoms with Crippen LogP contribution in [0.5, 0.6) is 0 Å². The fourth-order valence-electron chi connectivity index (χ4n) is 3.43. The van der Waals surface area contributed by atoms with Gasteiger partial charge in [-0.05, 0) is 43.4 Å². The molecule has 3 aliphatic carbocycles. The fourth-order valence-corrected chi connectivity index (χ4v) is 3.43. The van der Waals surface area contributed by atoms with E-state index in [2.05, 4.69) is 11.2 Å². The van der Waals surface area contributed by atoms with Gasteiger partial charge in [-0.25, -0.2) is 0 Å². The monoisotopic (exact) mass is 149 g/mol. The van der Waals surface area contributed by atoms with Crippen LogP contribution >= 0.6 is 0 Å². The van der Waals surface area contributed by atoms with E-state index in [9.17, 15) is 0 Å². The molecule has 2 bridgehead atoms. The van der Waals surface area contributed by atoms with Crippen molar-refractivity contribution in [1.29, 1.82) is 0 Å². The number of fused-ring (bicyclic) bond motifs is 2. The van der Waals surface area contributed by atoms with Crippen LogP contribution in [0.15, 0.2) is 4.99 Å². The Bertz CT molecular complexity index is 189. The molecule has 1 nitrogen and oxygen atoms in total. The molecule has 0 unspecified atom stereocenters. The molecule has 60 valence electrons. The molecule has 0 aromatic rings. The highest BCUT2D eigenvalue weighted by atomic mass is 14.8. The van der Waals surface area contributed by atoms with Gasteiger partial charge in [0.15, 0.2) is 0 Å². The Kier molecular flexibility index (Phi) is 1.18. The molecular formula is C10H15N. The van der Waals surface area contributed by atoms with Crippen LogP contribution in [0.25, 0.3) is 0 Å². The molecule has 3 saturated carbocycles. The van der Waals surface area contributed by atoms with E-state index in [0.717, 1.165) is 30.2 Å². The van der Waals surface area contributed by atoms with E-state index < -0.39 is 0 Å². The van der Waals surface area contributed by atoms with E-state index in [-0.39, 0.29) is 0 Å². The molecule has 1 aliphatic heterocycles. The van der Waals surface area contributed by atoms with Gasteiger partial charge in [-0.15, -0.1) is 0 Å². The lowest BCUT2D eigenvalue weighted by atomic mass is 9.60. The van der Waals surface area contributed by atoms with Gasteiger partial charge in [0.1, 0.15) is 0 Å². The molecule has 0 amide bonds. The minimum absolute atomic E-state index is 0.905. The van der Waals surface area contributed by atoms with E-state index >= 15 is 0 Å². The zero-order valence-electron chi connectivity index (χ0n) is 6.87. The number of hydrogen-bond acceptors (Lipinski definition) is 1. The van der Waals surface area contributed by atoms with Crippen LogP contribution in [0.4, 0.5) is 0 Å². The third-order valence-electron chi connectivity index (χ3n) is 4.05. The second-order valence-corrected chi connectivity index (χ2v) is 4.43. The summed E-state index contributed by atoms with van der Waals surface area (Å²) >= 11 is 0. The fraction of sp³-hybridized carbons (Fsp3) is 0.900. The van der Waals surface area contributed by atoms with E-state index in [1.807, 2.05) is 0 Å². The molecule has 3 fully saturated rings. The van der Waals surface area contributed by atoms with Gasteiger partial charge in [-0.3, -0.25) is 4.99 Å². The standard InChI is InChI=1S/C10H15N/c1-2-8-4-3-7(1)9-5-11-6-10(8)9/h5,7-10H,1-4,6H2/t7?,8?,9-,10+/m0/s1. The van der Waals surface area contributed by atoms with Gasteiger partial charge < -0.3 is 0 Å². The average molecular weight is 149 g/mol. The molecule has 0 N–H and O–H groups in total. The van der Waals surface area contributed by atoms with E-state index in [1.165, 1.54) is 25.7 Å². The first-order valence-corrected chi connectivity index (χ1v) is 4.95. The number of nitrogens with zero attached hydrogens (tertiary/aromatic N) is 1. The van der Waals surface area contributed by atoms with Crippen LogP contribution in [0.3, 0.4) is 0 Å². The number of rotatable bonds is 0. The summed E-state index contributed by atoms with van der Waals surface area (Å²) < 4.78 is 0. The Labute approximate surface area is 67.9 Å². The SMILES string of the molecule is C1=NC[C@@H]2C3CCC(CC3)[C@H]12. The maximum absolute atomic E-state index is 4.44. The predicted octanol–water partition coefficient (Wildman–Crippen LogP) is 2.12. The Morgan fingerprint density at radius 2 is 1.73 bits per heavy atom. The highest BCUT2D eigenvalue weighted by Gasteiger charge is 2.44. The van der Waals surface area contributed by atoms with Crippen molar-refractivity contribution in [2.24, 2.45) is 28.7 Å². The van der Waals surface area contributed by atoms with Crippen molar-refractivity contribution in [3.63, 3.8) is 0 Å². The maximum Gasteiger partial charge on any atom is 0.0422 e. The van der Waals surface area contributed by atoms with Gasteiger partial charge in [0.05, 0.1) is 0 Å². The molecule has 0 saturated heterocycles. The van der Waals surface area contributed by atoms with Crippen molar-refractivity contribution < 1.29 is 0 Å². The van der Waals surface area contributed by atoms with Gasteiger partial charge in [-0.1, -0.05) is 0 Å². The van der Waals surface area contributed by atoms with E-state index in [0.29, 0.717) is 0 Å². The Hall–Kier alpha value is -0.330. The largest absolute Gasteiger partial charge is 0.297 e. The highest BCUT2D eigenvalue weighted by molar-refractivity contribution is 5.64. The van der Waals surface area contributed by atoms with E-state index in [4.69, 9.17) is 0 Å². The van der Waals surface area contributed by atoms with Crippen LogP contribution in [0, 0.1) is 23.7 Å². The lowest BCUT2D eigenvalue weighted by molar-refractivity contribution is 0.0781. The molecule has 0 aromatic heterocycles. The molecule has 4 rings (SSSR count). The Morgan fingerprint density at radius 1 is 1.00 bits per heavy atom.